The van der Waals surface area contributed by atoms with Gasteiger partial charge in [0.1, 0.15) is 0 Å². The van der Waals surface area contributed by atoms with Crippen LogP contribution in [-0.2, 0) is 14.8 Å². The largest absolute Gasteiger partial charge is 0.352 e. The molecular formula is C12H22N2O3S. The van der Waals surface area contributed by atoms with E-state index in [1.165, 1.54) is 12.5 Å². The molecule has 1 saturated carbocycles. The maximum atomic E-state index is 11.8. The summed E-state index contributed by atoms with van der Waals surface area (Å²) < 4.78 is 24.0. The molecule has 0 radical (unpaired) electrons. The molecule has 6 heteroatoms. The van der Waals surface area contributed by atoms with Gasteiger partial charge in [0.2, 0.25) is 15.9 Å². The van der Waals surface area contributed by atoms with Gasteiger partial charge in [0.15, 0.2) is 0 Å². The van der Waals surface area contributed by atoms with Gasteiger partial charge in [-0.05, 0) is 12.8 Å². The molecule has 1 N–H and O–H groups in total. The molecule has 0 heterocycles. The number of carbonyl (C=O) groups excluding carboxylic acids is 1. The maximum absolute atomic E-state index is 11.8. The molecule has 104 valence electrons. The van der Waals surface area contributed by atoms with E-state index in [0.717, 1.165) is 36.2 Å². The van der Waals surface area contributed by atoms with E-state index in [1.807, 2.05) is 0 Å². The Kier molecular flexibility index (Phi) is 5.81. The van der Waals surface area contributed by atoms with Gasteiger partial charge in [-0.15, -0.1) is 6.58 Å². The van der Waals surface area contributed by atoms with Crippen molar-refractivity contribution in [3.8, 4) is 0 Å². The van der Waals surface area contributed by atoms with E-state index < -0.39 is 10.0 Å². The third-order valence-corrected chi connectivity index (χ3v) is 4.31. The molecule has 0 atom stereocenters. The number of rotatable bonds is 6. The van der Waals surface area contributed by atoms with Crippen LogP contribution in [0.3, 0.4) is 0 Å². The van der Waals surface area contributed by atoms with Crippen molar-refractivity contribution in [2.75, 3.05) is 19.3 Å². The van der Waals surface area contributed by atoms with Gasteiger partial charge in [0.05, 0.1) is 12.8 Å². The van der Waals surface area contributed by atoms with Gasteiger partial charge in [0.25, 0.3) is 0 Å². The first-order valence-electron chi connectivity index (χ1n) is 6.29. The van der Waals surface area contributed by atoms with Crippen molar-refractivity contribution in [1.82, 2.24) is 9.62 Å². The first-order valence-corrected chi connectivity index (χ1v) is 8.13. The minimum absolute atomic E-state index is 0.124. The third-order valence-electron chi connectivity index (χ3n) is 3.09. The second-order valence-electron chi connectivity index (χ2n) is 4.75. The Balaban J connectivity index is 2.48. The highest BCUT2D eigenvalue weighted by molar-refractivity contribution is 7.88. The van der Waals surface area contributed by atoms with Crippen molar-refractivity contribution in [3.63, 3.8) is 0 Å². The first-order chi connectivity index (χ1) is 8.43. The summed E-state index contributed by atoms with van der Waals surface area (Å²) in [6, 6.07) is 0.205. The van der Waals surface area contributed by atoms with Crippen molar-refractivity contribution < 1.29 is 13.2 Å². The van der Waals surface area contributed by atoms with Crippen molar-refractivity contribution in [1.29, 1.82) is 0 Å². The molecule has 1 fully saturated rings. The Morgan fingerprint density at radius 1 is 1.39 bits per heavy atom. The zero-order chi connectivity index (χ0) is 13.6. The standard InChI is InChI=1S/C12H22N2O3S/c1-3-9-14(18(2,16)17)10-12(15)13-11-7-5-4-6-8-11/h3,11H,1,4-10H2,2H3,(H,13,15). The lowest BCUT2D eigenvalue weighted by Crippen LogP contribution is -2.44. The van der Waals surface area contributed by atoms with Gasteiger partial charge >= 0.3 is 0 Å². The van der Waals surface area contributed by atoms with Gasteiger partial charge < -0.3 is 5.32 Å². The molecule has 1 amide bonds. The van der Waals surface area contributed by atoms with Crippen LogP contribution in [0.25, 0.3) is 0 Å². The smallest absolute Gasteiger partial charge is 0.235 e. The number of nitrogens with one attached hydrogen (secondary N) is 1. The lowest BCUT2D eigenvalue weighted by atomic mass is 9.95. The van der Waals surface area contributed by atoms with E-state index in [9.17, 15) is 13.2 Å². The van der Waals surface area contributed by atoms with Gasteiger partial charge in [-0.25, -0.2) is 8.42 Å². The van der Waals surface area contributed by atoms with Crippen LogP contribution in [0.15, 0.2) is 12.7 Å². The Morgan fingerprint density at radius 2 is 2.00 bits per heavy atom. The number of sulfonamides is 1. The first kappa shape index (κ1) is 15.2. The van der Waals surface area contributed by atoms with Crippen molar-refractivity contribution in [2.24, 2.45) is 0 Å². The average Bonchev–Trinajstić information content (AvgIpc) is 2.28. The fourth-order valence-corrected chi connectivity index (χ4v) is 2.87. The molecule has 0 aromatic carbocycles. The molecule has 1 aliphatic carbocycles. The normalized spacial score (nSPS) is 17.7. The number of amides is 1. The monoisotopic (exact) mass is 274 g/mol. The average molecular weight is 274 g/mol. The molecule has 0 spiro atoms. The second-order valence-corrected chi connectivity index (χ2v) is 6.73. The lowest BCUT2D eigenvalue weighted by molar-refractivity contribution is -0.122. The van der Waals surface area contributed by atoms with Crippen molar-refractivity contribution in [2.45, 2.75) is 38.1 Å². The SMILES string of the molecule is C=CCN(CC(=O)NC1CCCCC1)S(C)(=O)=O. The summed E-state index contributed by atoms with van der Waals surface area (Å²) in [6.07, 6.45) is 8.05. The fraction of sp³-hybridized carbons (Fsp3) is 0.750. The van der Waals surface area contributed by atoms with E-state index in [2.05, 4.69) is 11.9 Å². The van der Waals surface area contributed by atoms with Crippen LogP contribution in [0, 0.1) is 0 Å². The van der Waals surface area contributed by atoms with Crippen LogP contribution in [0.1, 0.15) is 32.1 Å². The summed E-state index contributed by atoms with van der Waals surface area (Å²) in [4.78, 5) is 11.8. The Morgan fingerprint density at radius 3 is 2.50 bits per heavy atom. The molecule has 0 bridgehead atoms. The number of nitrogens with zero attached hydrogens (tertiary/aromatic N) is 1. The van der Waals surface area contributed by atoms with Crippen LogP contribution >= 0.6 is 0 Å². The van der Waals surface area contributed by atoms with Crippen LogP contribution in [0.5, 0.6) is 0 Å². The zero-order valence-corrected chi connectivity index (χ0v) is 11.7. The molecule has 1 rings (SSSR count). The van der Waals surface area contributed by atoms with Crippen LogP contribution < -0.4 is 5.32 Å². The molecular weight excluding hydrogens is 252 g/mol. The quantitative estimate of drug-likeness (QED) is 0.731. The van der Waals surface area contributed by atoms with E-state index in [0.29, 0.717) is 0 Å². The van der Waals surface area contributed by atoms with Gasteiger partial charge in [-0.2, -0.15) is 4.31 Å². The summed E-state index contributed by atoms with van der Waals surface area (Å²) in [5.74, 6) is -0.228. The fourth-order valence-electron chi connectivity index (χ4n) is 2.14. The van der Waals surface area contributed by atoms with E-state index >= 15 is 0 Å². The Bertz CT molecular complexity index is 386. The molecule has 0 aromatic rings. The minimum atomic E-state index is -3.36. The zero-order valence-electron chi connectivity index (χ0n) is 10.9. The lowest BCUT2D eigenvalue weighted by Gasteiger charge is -2.24. The summed E-state index contributed by atoms with van der Waals surface area (Å²) >= 11 is 0. The predicted octanol–water partition coefficient (Wildman–Crippen LogP) is 0.883. The minimum Gasteiger partial charge on any atom is -0.352 e. The molecule has 18 heavy (non-hydrogen) atoms. The number of hydrogen-bond donors (Lipinski definition) is 1. The third kappa shape index (κ3) is 5.18. The van der Waals surface area contributed by atoms with E-state index in [4.69, 9.17) is 0 Å². The van der Waals surface area contributed by atoms with Crippen molar-refractivity contribution in [3.05, 3.63) is 12.7 Å². The number of carbonyl (C=O) groups is 1. The van der Waals surface area contributed by atoms with E-state index in [1.54, 1.807) is 0 Å². The molecule has 0 aromatic heterocycles. The molecule has 1 aliphatic rings. The van der Waals surface area contributed by atoms with Gasteiger partial charge in [-0.3, -0.25) is 4.79 Å². The molecule has 0 saturated heterocycles. The Labute approximate surface area is 109 Å². The summed E-state index contributed by atoms with van der Waals surface area (Å²) in [6.45, 7) is 3.54. The molecule has 0 unspecified atom stereocenters. The van der Waals surface area contributed by atoms with Crippen LogP contribution in [0.4, 0.5) is 0 Å². The number of hydrogen-bond acceptors (Lipinski definition) is 3. The highest BCUT2D eigenvalue weighted by Crippen LogP contribution is 2.17. The summed E-state index contributed by atoms with van der Waals surface area (Å²) in [7, 11) is -3.36. The van der Waals surface area contributed by atoms with Crippen molar-refractivity contribution >= 4 is 15.9 Å². The van der Waals surface area contributed by atoms with Crippen LogP contribution in [-0.4, -0.2) is 44.0 Å². The highest BCUT2D eigenvalue weighted by Gasteiger charge is 2.21. The maximum Gasteiger partial charge on any atom is 0.235 e. The topological polar surface area (TPSA) is 66.5 Å². The second kappa shape index (κ2) is 6.89. The Hall–Kier alpha value is -0.880. The molecule has 5 nitrogen and oxygen atoms in total. The predicted molar refractivity (Wildman–Crippen MR) is 71.6 cm³/mol. The summed E-state index contributed by atoms with van der Waals surface area (Å²) in [5.41, 5.74) is 0. The summed E-state index contributed by atoms with van der Waals surface area (Å²) in [5, 5.41) is 2.90. The van der Waals surface area contributed by atoms with E-state index in [-0.39, 0.29) is 25.0 Å². The van der Waals surface area contributed by atoms with Crippen LogP contribution in [0.2, 0.25) is 0 Å². The molecule has 0 aliphatic heterocycles. The van der Waals surface area contributed by atoms with Gasteiger partial charge in [0, 0.05) is 12.6 Å². The van der Waals surface area contributed by atoms with Gasteiger partial charge in [-0.1, -0.05) is 25.3 Å². The highest BCUT2D eigenvalue weighted by atomic mass is 32.2.